The van der Waals surface area contributed by atoms with Gasteiger partial charge in [-0.3, -0.25) is 5.10 Å². The highest BCUT2D eigenvalue weighted by atomic mass is 127. The summed E-state index contributed by atoms with van der Waals surface area (Å²) in [5.41, 5.74) is 2.08. The second kappa shape index (κ2) is 5.31. The minimum Gasteiger partial charge on any atom is -0.462 e. The molecule has 1 heterocycles. The van der Waals surface area contributed by atoms with Crippen molar-refractivity contribution in [1.82, 2.24) is 10.2 Å². The molecule has 0 unspecified atom stereocenters. The van der Waals surface area contributed by atoms with Gasteiger partial charge in [-0.2, -0.15) is 5.10 Å². The van der Waals surface area contributed by atoms with Crippen LogP contribution in [0.3, 0.4) is 0 Å². The number of ether oxygens (including phenoxy) is 1. The van der Waals surface area contributed by atoms with Gasteiger partial charge in [-0.1, -0.05) is 12.1 Å². The fourth-order valence-corrected chi connectivity index (χ4v) is 1.85. The van der Waals surface area contributed by atoms with E-state index < -0.39 is 0 Å². The summed E-state index contributed by atoms with van der Waals surface area (Å²) in [4.78, 5) is 11.7. The van der Waals surface area contributed by atoms with E-state index in [4.69, 9.17) is 4.74 Å². The van der Waals surface area contributed by atoms with E-state index in [-0.39, 0.29) is 5.97 Å². The minimum atomic E-state index is -0.352. The SMILES string of the molecule is CCOC(=O)c1cn[nH]c1-c1ccc(I)cc1. The molecule has 17 heavy (non-hydrogen) atoms. The Kier molecular flexibility index (Phi) is 3.78. The van der Waals surface area contributed by atoms with Crippen molar-refractivity contribution in [3.63, 3.8) is 0 Å². The minimum absolute atomic E-state index is 0.352. The smallest absolute Gasteiger partial charge is 0.341 e. The molecule has 0 aliphatic rings. The Morgan fingerprint density at radius 2 is 2.12 bits per heavy atom. The lowest BCUT2D eigenvalue weighted by Gasteiger charge is -2.03. The van der Waals surface area contributed by atoms with Gasteiger partial charge in [-0.15, -0.1) is 0 Å². The number of nitrogens with zero attached hydrogens (tertiary/aromatic N) is 1. The van der Waals surface area contributed by atoms with Crippen molar-refractivity contribution in [3.8, 4) is 11.3 Å². The first-order valence-electron chi connectivity index (χ1n) is 5.18. The molecule has 4 nitrogen and oxygen atoms in total. The number of aromatic nitrogens is 2. The van der Waals surface area contributed by atoms with Crippen LogP contribution in [0.25, 0.3) is 11.3 Å². The number of nitrogens with one attached hydrogen (secondary N) is 1. The highest BCUT2D eigenvalue weighted by molar-refractivity contribution is 14.1. The largest absolute Gasteiger partial charge is 0.462 e. The number of benzene rings is 1. The third-order valence-electron chi connectivity index (χ3n) is 2.27. The van der Waals surface area contributed by atoms with Gasteiger partial charge in [0.2, 0.25) is 0 Å². The quantitative estimate of drug-likeness (QED) is 0.689. The van der Waals surface area contributed by atoms with E-state index in [9.17, 15) is 4.79 Å². The summed E-state index contributed by atoms with van der Waals surface area (Å²) in [6.07, 6.45) is 1.49. The van der Waals surface area contributed by atoms with Crippen molar-refractivity contribution in [2.24, 2.45) is 0 Å². The van der Waals surface area contributed by atoms with E-state index in [0.29, 0.717) is 17.9 Å². The van der Waals surface area contributed by atoms with Crippen LogP contribution in [0.15, 0.2) is 30.5 Å². The monoisotopic (exact) mass is 342 g/mol. The molecule has 88 valence electrons. The zero-order valence-electron chi connectivity index (χ0n) is 9.24. The van der Waals surface area contributed by atoms with Crippen molar-refractivity contribution in [1.29, 1.82) is 0 Å². The van der Waals surface area contributed by atoms with Crippen molar-refractivity contribution in [2.45, 2.75) is 6.92 Å². The molecule has 0 spiro atoms. The van der Waals surface area contributed by atoms with Gasteiger partial charge in [0, 0.05) is 9.13 Å². The number of carbonyl (C=O) groups excluding carboxylic acids is 1. The lowest BCUT2D eigenvalue weighted by atomic mass is 10.1. The van der Waals surface area contributed by atoms with Crippen LogP contribution in [0, 0.1) is 3.57 Å². The van der Waals surface area contributed by atoms with E-state index in [0.717, 1.165) is 9.13 Å². The molecule has 0 aliphatic carbocycles. The first-order chi connectivity index (χ1) is 8.22. The van der Waals surface area contributed by atoms with E-state index in [2.05, 4.69) is 32.8 Å². The molecule has 1 N–H and O–H groups in total. The number of carbonyl (C=O) groups is 1. The molecule has 5 heteroatoms. The number of aromatic amines is 1. The Morgan fingerprint density at radius 1 is 1.41 bits per heavy atom. The lowest BCUT2D eigenvalue weighted by molar-refractivity contribution is 0.0527. The molecule has 1 aromatic heterocycles. The van der Waals surface area contributed by atoms with Crippen LogP contribution in [0.2, 0.25) is 0 Å². The summed E-state index contributed by atoms with van der Waals surface area (Å²) in [5, 5.41) is 6.72. The maximum Gasteiger partial charge on any atom is 0.341 e. The van der Waals surface area contributed by atoms with Crippen LogP contribution < -0.4 is 0 Å². The van der Waals surface area contributed by atoms with Gasteiger partial charge in [0.1, 0.15) is 5.56 Å². The van der Waals surface area contributed by atoms with Gasteiger partial charge in [-0.05, 0) is 41.6 Å². The van der Waals surface area contributed by atoms with Gasteiger partial charge in [-0.25, -0.2) is 4.79 Å². The van der Waals surface area contributed by atoms with Gasteiger partial charge >= 0.3 is 5.97 Å². The van der Waals surface area contributed by atoms with Crippen LogP contribution in [0.5, 0.6) is 0 Å². The summed E-state index contributed by atoms with van der Waals surface area (Å²) in [6, 6.07) is 7.84. The number of esters is 1. The Labute approximate surface area is 113 Å². The normalized spacial score (nSPS) is 10.2. The van der Waals surface area contributed by atoms with Crippen molar-refractivity contribution < 1.29 is 9.53 Å². The number of hydrogen-bond donors (Lipinski definition) is 1. The standard InChI is InChI=1S/C12H11IN2O2/c1-2-17-12(16)10-7-14-15-11(10)8-3-5-9(13)6-4-8/h3-7H,2H2,1H3,(H,14,15). The molecular formula is C12H11IN2O2. The van der Waals surface area contributed by atoms with Crippen LogP contribution in [0.4, 0.5) is 0 Å². The number of rotatable bonds is 3. The lowest BCUT2D eigenvalue weighted by Crippen LogP contribution is -2.04. The molecular weight excluding hydrogens is 331 g/mol. The first kappa shape index (κ1) is 12.1. The molecule has 2 rings (SSSR count). The van der Waals surface area contributed by atoms with Crippen LogP contribution in [-0.2, 0) is 4.74 Å². The molecule has 0 bridgehead atoms. The zero-order valence-corrected chi connectivity index (χ0v) is 11.4. The number of hydrogen-bond acceptors (Lipinski definition) is 3. The van der Waals surface area contributed by atoms with Gasteiger partial charge in [0.05, 0.1) is 18.5 Å². The second-order valence-corrected chi connectivity index (χ2v) is 4.63. The molecule has 0 fully saturated rings. The Hall–Kier alpha value is -1.37. The average Bonchev–Trinajstić information content (AvgIpc) is 2.79. The van der Waals surface area contributed by atoms with E-state index in [1.165, 1.54) is 6.20 Å². The maximum absolute atomic E-state index is 11.7. The van der Waals surface area contributed by atoms with Gasteiger partial charge in [0.25, 0.3) is 0 Å². The van der Waals surface area contributed by atoms with E-state index >= 15 is 0 Å². The molecule has 0 amide bonds. The Bertz CT molecular complexity index is 520. The predicted molar refractivity (Wildman–Crippen MR) is 72.7 cm³/mol. The Balaban J connectivity index is 2.36. The molecule has 0 aliphatic heterocycles. The molecule has 2 aromatic rings. The summed E-state index contributed by atoms with van der Waals surface area (Å²) < 4.78 is 6.11. The predicted octanol–water partition coefficient (Wildman–Crippen LogP) is 2.86. The van der Waals surface area contributed by atoms with Crippen LogP contribution >= 0.6 is 22.6 Å². The topological polar surface area (TPSA) is 55.0 Å². The average molecular weight is 342 g/mol. The highest BCUT2D eigenvalue weighted by Crippen LogP contribution is 2.22. The van der Waals surface area contributed by atoms with Crippen molar-refractivity contribution >= 4 is 28.6 Å². The van der Waals surface area contributed by atoms with Gasteiger partial charge < -0.3 is 4.74 Å². The van der Waals surface area contributed by atoms with E-state index in [1.807, 2.05) is 24.3 Å². The first-order valence-corrected chi connectivity index (χ1v) is 6.26. The summed E-state index contributed by atoms with van der Waals surface area (Å²) in [7, 11) is 0. The van der Waals surface area contributed by atoms with Crippen LogP contribution in [-0.4, -0.2) is 22.8 Å². The summed E-state index contributed by atoms with van der Waals surface area (Å²) in [6.45, 7) is 2.14. The fraction of sp³-hybridized carbons (Fsp3) is 0.167. The van der Waals surface area contributed by atoms with E-state index in [1.54, 1.807) is 6.92 Å². The maximum atomic E-state index is 11.7. The zero-order chi connectivity index (χ0) is 12.3. The Morgan fingerprint density at radius 3 is 2.76 bits per heavy atom. The number of H-pyrrole nitrogens is 1. The highest BCUT2D eigenvalue weighted by Gasteiger charge is 2.15. The molecule has 0 radical (unpaired) electrons. The second-order valence-electron chi connectivity index (χ2n) is 3.39. The molecule has 0 saturated carbocycles. The third kappa shape index (κ3) is 2.66. The fourth-order valence-electron chi connectivity index (χ4n) is 1.49. The summed E-state index contributed by atoms with van der Waals surface area (Å²) >= 11 is 2.23. The van der Waals surface area contributed by atoms with Crippen molar-refractivity contribution in [2.75, 3.05) is 6.61 Å². The molecule has 1 aromatic carbocycles. The van der Waals surface area contributed by atoms with Crippen molar-refractivity contribution in [3.05, 3.63) is 39.6 Å². The van der Waals surface area contributed by atoms with Crippen LogP contribution in [0.1, 0.15) is 17.3 Å². The van der Waals surface area contributed by atoms with Gasteiger partial charge in [0.15, 0.2) is 0 Å². The molecule has 0 saturated heterocycles. The third-order valence-corrected chi connectivity index (χ3v) is 2.99. The summed E-state index contributed by atoms with van der Waals surface area (Å²) in [5.74, 6) is -0.352. The number of halogens is 1. The molecule has 0 atom stereocenters.